The molecule has 0 aromatic heterocycles. The van der Waals surface area contributed by atoms with Gasteiger partial charge in [0.2, 0.25) is 5.91 Å². The summed E-state index contributed by atoms with van der Waals surface area (Å²) in [5.74, 6) is 0.204. The lowest BCUT2D eigenvalue weighted by molar-refractivity contribution is -0.111. The molecule has 6 nitrogen and oxygen atoms in total. The first-order valence-electron chi connectivity index (χ1n) is 7.88. The molecule has 2 aromatic carbocycles. The predicted octanol–water partition coefficient (Wildman–Crippen LogP) is 3.45. The predicted molar refractivity (Wildman–Crippen MR) is 99.7 cm³/mol. The largest absolute Gasteiger partial charge is 0.497 e. The van der Waals surface area contributed by atoms with Crippen molar-refractivity contribution in [1.82, 2.24) is 0 Å². The van der Waals surface area contributed by atoms with Crippen LogP contribution >= 0.6 is 0 Å². The number of benzene rings is 2. The molecule has 0 saturated carbocycles. The Balaban J connectivity index is 2.22. The van der Waals surface area contributed by atoms with E-state index in [1.54, 1.807) is 25.3 Å². The van der Waals surface area contributed by atoms with Gasteiger partial charge < -0.3 is 19.5 Å². The lowest BCUT2D eigenvalue weighted by Gasteiger charge is -2.10. The molecule has 0 unspecified atom stereocenters. The summed E-state index contributed by atoms with van der Waals surface area (Å²) in [6.45, 7) is 1.96. The van der Waals surface area contributed by atoms with Crippen molar-refractivity contribution in [2.75, 3.05) is 26.6 Å². The Hall–Kier alpha value is -3.28. The van der Waals surface area contributed by atoms with E-state index in [0.717, 1.165) is 11.1 Å². The molecule has 0 aliphatic heterocycles. The minimum absolute atomic E-state index is 0.210. The van der Waals surface area contributed by atoms with Gasteiger partial charge in [0.1, 0.15) is 11.5 Å². The second-order valence-electron chi connectivity index (χ2n) is 5.47. The van der Waals surface area contributed by atoms with E-state index in [2.05, 4.69) is 5.32 Å². The molecule has 0 heterocycles. The molecule has 1 N–H and O–H groups in total. The van der Waals surface area contributed by atoms with E-state index < -0.39 is 5.97 Å². The molecule has 0 aliphatic rings. The molecule has 0 bridgehead atoms. The van der Waals surface area contributed by atoms with Crippen LogP contribution in [0.5, 0.6) is 11.5 Å². The van der Waals surface area contributed by atoms with E-state index in [4.69, 9.17) is 14.2 Å². The van der Waals surface area contributed by atoms with Gasteiger partial charge >= 0.3 is 5.97 Å². The molecule has 0 aliphatic carbocycles. The van der Waals surface area contributed by atoms with Crippen molar-refractivity contribution in [3.05, 3.63) is 59.2 Å². The van der Waals surface area contributed by atoms with Crippen LogP contribution in [0.25, 0.3) is 6.08 Å². The first kappa shape index (κ1) is 19.1. The van der Waals surface area contributed by atoms with Crippen LogP contribution in [0.4, 0.5) is 5.69 Å². The molecule has 1 amide bonds. The minimum atomic E-state index is -0.566. The SMILES string of the molecule is COC(=O)c1cc(OC)ccc1NC(=O)/C=C/c1cc(C)ccc1OC. The number of nitrogens with one attached hydrogen (secondary N) is 1. The second kappa shape index (κ2) is 8.71. The molecule has 136 valence electrons. The van der Waals surface area contributed by atoms with Crippen molar-refractivity contribution in [2.45, 2.75) is 6.92 Å². The van der Waals surface area contributed by atoms with Gasteiger partial charge in [-0.05, 0) is 43.3 Å². The minimum Gasteiger partial charge on any atom is -0.497 e. The summed E-state index contributed by atoms with van der Waals surface area (Å²) < 4.78 is 15.1. The number of rotatable bonds is 6. The van der Waals surface area contributed by atoms with Crippen molar-refractivity contribution in [3.8, 4) is 11.5 Å². The van der Waals surface area contributed by atoms with Crippen LogP contribution in [-0.2, 0) is 9.53 Å². The Bertz CT molecular complexity index is 842. The van der Waals surface area contributed by atoms with Crippen LogP contribution in [0.1, 0.15) is 21.5 Å². The third kappa shape index (κ3) is 4.63. The fourth-order valence-corrected chi connectivity index (χ4v) is 2.36. The summed E-state index contributed by atoms with van der Waals surface area (Å²) >= 11 is 0. The van der Waals surface area contributed by atoms with Crippen LogP contribution in [0.3, 0.4) is 0 Å². The Labute approximate surface area is 152 Å². The maximum absolute atomic E-state index is 12.3. The van der Waals surface area contributed by atoms with Gasteiger partial charge in [0.15, 0.2) is 0 Å². The third-order valence-electron chi connectivity index (χ3n) is 3.69. The van der Waals surface area contributed by atoms with Crippen molar-refractivity contribution in [1.29, 1.82) is 0 Å². The molecule has 2 rings (SSSR count). The second-order valence-corrected chi connectivity index (χ2v) is 5.47. The molecule has 0 saturated heterocycles. The Morgan fingerprint density at radius 3 is 2.42 bits per heavy atom. The number of aryl methyl sites for hydroxylation is 1. The van der Waals surface area contributed by atoms with Gasteiger partial charge in [-0.15, -0.1) is 0 Å². The molecule has 0 spiro atoms. The third-order valence-corrected chi connectivity index (χ3v) is 3.69. The summed E-state index contributed by atoms with van der Waals surface area (Å²) in [4.78, 5) is 24.2. The Morgan fingerprint density at radius 1 is 1.00 bits per heavy atom. The lowest BCUT2D eigenvalue weighted by atomic mass is 10.1. The zero-order valence-electron chi connectivity index (χ0n) is 15.2. The molecule has 26 heavy (non-hydrogen) atoms. The first-order chi connectivity index (χ1) is 12.5. The van der Waals surface area contributed by atoms with Crippen LogP contribution in [0.15, 0.2) is 42.5 Å². The number of hydrogen-bond donors (Lipinski definition) is 1. The molecule has 0 fully saturated rings. The van der Waals surface area contributed by atoms with Gasteiger partial charge in [-0.25, -0.2) is 4.79 Å². The number of anilines is 1. The average Bonchev–Trinajstić information content (AvgIpc) is 2.66. The van der Waals surface area contributed by atoms with Crippen molar-refractivity contribution >= 4 is 23.6 Å². The summed E-state index contributed by atoms with van der Waals surface area (Å²) in [5.41, 5.74) is 2.38. The number of carbonyl (C=O) groups is 2. The van der Waals surface area contributed by atoms with E-state index in [1.165, 1.54) is 26.4 Å². The van der Waals surface area contributed by atoms with E-state index in [0.29, 0.717) is 17.2 Å². The topological polar surface area (TPSA) is 73.9 Å². The Kier molecular flexibility index (Phi) is 6.38. The van der Waals surface area contributed by atoms with Gasteiger partial charge in [0.05, 0.1) is 32.6 Å². The highest BCUT2D eigenvalue weighted by atomic mass is 16.5. The fourth-order valence-electron chi connectivity index (χ4n) is 2.36. The number of hydrogen-bond acceptors (Lipinski definition) is 5. The normalized spacial score (nSPS) is 10.5. The molecule has 0 radical (unpaired) electrons. The maximum Gasteiger partial charge on any atom is 0.340 e. The smallest absolute Gasteiger partial charge is 0.340 e. The molecular formula is C20H21NO5. The quantitative estimate of drug-likeness (QED) is 0.635. The highest BCUT2D eigenvalue weighted by Crippen LogP contribution is 2.24. The molecule has 2 aromatic rings. The van der Waals surface area contributed by atoms with Crippen LogP contribution < -0.4 is 14.8 Å². The average molecular weight is 355 g/mol. The fraction of sp³-hybridized carbons (Fsp3) is 0.200. The first-order valence-corrected chi connectivity index (χ1v) is 7.88. The number of ether oxygens (including phenoxy) is 3. The Morgan fingerprint density at radius 2 is 1.77 bits per heavy atom. The summed E-state index contributed by atoms with van der Waals surface area (Å²) in [6, 6.07) is 10.4. The number of esters is 1. The zero-order chi connectivity index (χ0) is 19.1. The maximum atomic E-state index is 12.3. The van der Waals surface area contributed by atoms with E-state index in [1.807, 2.05) is 25.1 Å². The van der Waals surface area contributed by atoms with E-state index in [-0.39, 0.29) is 11.5 Å². The molecular weight excluding hydrogens is 334 g/mol. The zero-order valence-corrected chi connectivity index (χ0v) is 15.2. The van der Waals surface area contributed by atoms with Gasteiger partial charge in [0, 0.05) is 11.6 Å². The monoisotopic (exact) mass is 355 g/mol. The standard InChI is InChI=1S/C20H21NO5/c1-13-5-9-18(25-3)14(11-13)6-10-19(22)21-17-8-7-15(24-2)12-16(17)20(23)26-4/h5-12H,1-4H3,(H,21,22)/b10-6+. The van der Waals surface area contributed by atoms with Gasteiger partial charge in [-0.2, -0.15) is 0 Å². The number of carbonyl (C=O) groups excluding carboxylic acids is 2. The van der Waals surface area contributed by atoms with Crippen molar-refractivity contribution < 1.29 is 23.8 Å². The lowest BCUT2D eigenvalue weighted by Crippen LogP contribution is -2.13. The summed E-state index contributed by atoms with van der Waals surface area (Å²) in [6.07, 6.45) is 3.03. The van der Waals surface area contributed by atoms with Crippen LogP contribution in [-0.4, -0.2) is 33.2 Å². The van der Waals surface area contributed by atoms with E-state index in [9.17, 15) is 9.59 Å². The highest BCUT2D eigenvalue weighted by Gasteiger charge is 2.14. The summed E-state index contributed by atoms with van der Waals surface area (Å²) in [5, 5.41) is 2.68. The number of methoxy groups -OCH3 is 3. The number of amides is 1. The van der Waals surface area contributed by atoms with Crippen LogP contribution in [0.2, 0.25) is 0 Å². The highest BCUT2D eigenvalue weighted by molar-refractivity contribution is 6.06. The van der Waals surface area contributed by atoms with E-state index >= 15 is 0 Å². The van der Waals surface area contributed by atoms with Crippen molar-refractivity contribution in [3.63, 3.8) is 0 Å². The van der Waals surface area contributed by atoms with Gasteiger partial charge in [-0.1, -0.05) is 11.6 Å². The summed E-state index contributed by atoms with van der Waals surface area (Å²) in [7, 11) is 4.34. The van der Waals surface area contributed by atoms with Gasteiger partial charge in [-0.3, -0.25) is 4.79 Å². The molecule has 0 atom stereocenters. The van der Waals surface area contributed by atoms with Crippen LogP contribution in [0, 0.1) is 6.92 Å². The van der Waals surface area contributed by atoms with Gasteiger partial charge in [0.25, 0.3) is 0 Å². The molecule has 6 heteroatoms. The van der Waals surface area contributed by atoms with Crippen molar-refractivity contribution in [2.24, 2.45) is 0 Å².